The molecule has 1 N–H and O–H groups in total. The number of benzene rings is 2. The predicted octanol–water partition coefficient (Wildman–Crippen LogP) is 7.00. The number of halogens is 5. The minimum atomic E-state index is -1.32. The number of ketones is 1. The summed E-state index contributed by atoms with van der Waals surface area (Å²) in [5, 5.41) is 3.88. The summed E-state index contributed by atoms with van der Waals surface area (Å²) >= 11 is 31.3. The number of hydrogen-bond donors (Lipinski definition) is 1. The van der Waals surface area contributed by atoms with Crippen LogP contribution in [0.1, 0.15) is 27.4 Å². The molecule has 1 aromatic heterocycles. The van der Waals surface area contributed by atoms with E-state index in [-0.39, 0.29) is 22.8 Å². The second-order valence-electron chi connectivity index (χ2n) is 7.85. The Labute approximate surface area is 221 Å². The number of carbonyl (C=O) groups excluding carboxylic acids is 2. The fourth-order valence-corrected chi connectivity index (χ4v) is 5.41. The molecular formula is C24H17Cl5N2O3. The molecule has 176 valence electrons. The van der Waals surface area contributed by atoms with Crippen LogP contribution in [-0.4, -0.2) is 28.1 Å². The van der Waals surface area contributed by atoms with Crippen LogP contribution >= 0.6 is 58.0 Å². The maximum absolute atomic E-state index is 13.0. The fraction of sp³-hybridized carbons (Fsp3) is 0.208. The maximum Gasteiger partial charge on any atom is 0.231 e. The molecular weight excluding hydrogens is 542 g/mol. The van der Waals surface area contributed by atoms with E-state index in [0.29, 0.717) is 32.6 Å². The number of nitrogens with zero attached hydrogens (tertiary/aromatic N) is 1. The molecule has 1 fully saturated rings. The van der Waals surface area contributed by atoms with Crippen molar-refractivity contribution in [1.29, 1.82) is 0 Å². The zero-order chi connectivity index (χ0) is 24.6. The largest absolute Gasteiger partial charge is 0.495 e. The maximum atomic E-state index is 13.0. The van der Waals surface area contributed by atoms with Crippen molar-refractivity contribution in [1.82, 2.24) is 4.98 Å². The number of anilines is 1. The minimum Gasteiger partial charge on any atom is -0.495 e. The number of ether oxygens (including phenoxy) is 1. The van der Waals surface area contributed by atoms with E-state index < -0.39 is 22.1 Å². The van der Waals surface area contributed by atoms with Crippen molar-refractivity contribution in [3.05, 3.63) is 86.6 Å². The lowest BCUT2D eigenvalue weighted by Crippen LogP contribution is -2.17. The van der Waals surface area contributed by atoms with Crippen molar-refractivity contribution in [2.24, 2.45) is 5.92 Å². The molecule has 0 spiro atoms. The number of methoxy groups -OCH3 is 1. The van der Waals surface area contributed by atoms with Crippen LogP contribution < -0.4 is 10.1 Å². The molecule has 0 radical (unpaired) electrons. The van der Waals surface area contributed by atoms with E-state index in [0.717, 1.165) is 0 Å². The molecule has 2 unspecified atom stereocenters. The summed E-state index contributed by atoms with van der Waals surface area (Å²) in [6.07, 6.45) is 3.19. The van der Waals surface area contributed by atoms with E-state index >= 15 is 0 Å². The third kappa shape index (κ3) is 5.29. The van der Waals surface area contributed by atoms with Crippen LogP contribution in [0.5, 0.6) is 5.75 Å². The minimum absolute atomic E-state index is 0.0635. The first-order chi connectivity index (χ1) is 16.1. The Morgan fingerprint density at radius 3 is 2.41 bits per heavy atom. The smallest absolute Gasteiger partial charge is 0.231 e. The lowest BCUT2D eigenvalue weighted by atomic mass is 10.0. The molecule has 1 saturated carbocycles. The van der Waals surface area contributed by atoms with Crippen LogP contribution in [0, 0.1) is 5.92 Å². The van der Waals surface area contributed by atoms with Gasteiger partial charge in [0.15, 0.2) is 5.78 Å². The molecule has 1 aliphatic rings. The topological polar surface area (TPSA) is 68.3 Å². The molecule has 1 aliphatic carbocycles. The molecule has 1 amide bonds. The Morgan fingerprint density at radius 2 is 1.74 bits per heavy atom. The number of rotatable bonds is 7. The number of aromatic nitrogens is 1. The SMILES string of the molecule is COc1cncc(CC(=O)c2cc(NC(=O)C3C(c4cc(Cl)cc(Cl)c4)C3(Cl)Cl)ccc2Cl)c1. The Bertz CT molecular complexity index is 1260. The average molecular weight is 559 g/mol. The van der Waals surface area contributed by atoms with Gasteiger partial charge in [0.1, 0.15) is 10.1 Å². The molecule has 5 nitrogen and oxygen atoms in total. The molecule has 3 aromatic rings. The molecule has 0 aliphatic heterocycles. The summed E-state index contributed by atoms with van der Waals surface area (Å²) in [4.78, 5) is 29.9. The van der Waals surface area contributed by atoms with Crippen molar-refractivity contribution in [3.63, 3.8) is 0 Å². The first-order valence-corrected chi connectivity index (χ1v) is 11.9. The van der Waals surface area contributed by atoms with Crippen LogP contribution in [-0.2, 0) is 11.2 Å². The van der Waals surface area contributed by atoms with Crippen molar-refractivity contribution in [2.45, 2.75) is 16.7 Å². The number of nitrogens with one attached hydrogen (secondary N) is 1. The number of alkyl halides is 2. The first kappa shape index (κ1) is 25.1. The molecule has 2 atom stereocenters. The van der Waals surface area contributed by atoms with E-state index in [1.165, 1.54) is 13.2 Å². The highest BCUT2D eigenvalue weighted by atomic mass is 35.5. The van der Waals surface area contributed by atoms with Gasteiger partial charge in [-0.05, 0) is 53.6 Å². The number of hydrogen-bond acceptors (Lipinski definition) is 4. The summed E-state index contributed by atoms with van der Waals surface area (Å²) in [5.74, 6) is -1.31. The van der Waals surface area contributed by atoms with Crippen LogP contribution in [0.15, 0.2) is 54.9 Å². The van der Waals surface area contributed by atoms with Crippen molar-refractivity contribution in [3.8, 4) is 5.75 Å². The van der Waals surface area contributed by atoms with Gasteiger partial charge in [-0.15, -0.1) is 23.2 Å². The average Bonchev–Trinajstić information content (AvgIpc) is 3.36. The standard InChI is InChI=1S/C24H17Cl5N2O3/c1-34-17-4-12(10-30-11-17)5-20(32)18-9-16(2-3-19(18)27)31-23(33)22-21(24(22,28)29)13-6-14(25)8-15(26)7-13/h2-4,6-11,21-22H,5H2,1H3,(H,31,33). The highest BCUT2D eigenvalue weighted by Crippen LogP contribution is 2.65. The molecule has 2 aromatic carbocycles. The molecule has 4 rings (SSSR count). The van der Waals surface area contributed by atoms with Crippen molar-refractivity contribution < 1.29 is 14.3 Å². The Balaban J connectivity index is 1.50. The second-order valence-corrected chi connectivity index (χ2v) is 10.6. The zero-order valence-electron chi connectivity index (χ0n) is 17.6. The normalized spacial score (nSPS) is 18.3. The Morgan fingerprint density at radius 1 is 1.03 bits per heavy atom. The highest BCUT2D eigenvalue weighted by Gasteiger charge is 2.67. The van der Waals surface area contributed by atoms with Crippen LogP contribution in [0.4, 0.5) is 5.69 Å². The summed E-state index contributed by atoms with van der Waals surface area (Å²) in [6.45, 7) is 0. The van der Waals surface area contributed by atoms with Gasteiger partial charge in [-0.25, -0.2) is 0 Å². The number of carbonyl (C=O) groups is 2. The van der Waals surface area contributed by atoms with Crippen molar-refractivity contribution in [2.75, 3.05) is 12.4 Å². The van der Waals surface area contributed by atoms with Gasteiger partial charge in [0.25, 0.3) is 0 Å². The van der Waals surface area contributed by atoms with Gasteiger partial charge in [-0.1, -0.05) is 34.8 Å². The molecule has 0 bridgehead atoms. The molecule has 0 saturated heterocycles. The third-order valence-corrected chi connectivity index (χ3v) is 7.19. The van der Waals surface area contributed by atoms with Crippen molar-refractivity contribution >= 4 is 75.4 Å². The van der Waals surface area contributed by atoms with Gasteiger partial charge in [0, 0.05) is 39.8 Å². The fourth-order valence-electron chi connectivity index (χ4n) is 3.81. The highest BCUT2D eigenvalue weighted by molar-refractivity contribution is 6.53. The van der Waals surface area contributed by atoms with Gasteiger partial charge < -0.3 is 10.1 Å². The van der Waals surface area contributed by atoms with Crippen LogP contribution in [0.3, 0.4) is 0 Å². The summed E-state index contributed by atoms with van der Waals surface area (Å²) < 4.78 is 3.83. The monoisotopic (exact) mass is 556 g/mol. The summed E-state index contributed by atoms with van der Waals surface area (Å²) in [6, 6.07) is 11.3. The van der Waals surface area contributed by atoms with Gasteiger partial charge in [0.05, 0.1) is 24.2 Å². The Kier molecular flexibility index (Phi) is 7.32. The quantitative estimate of drug-likeness (QED) is 0.250. The lowest BCUT2D eigenvalue weighted by molar-refractivity contribution is -0.117. The number of Topliss-reactive ketones (excluding diaryl/α,β-unsaturated/α-hetero) is 1. The lowest BCUT2D eigenvalue weighted by Gasteiger charge is -2.10. The van der Waals surface area contributed by atoms with E-state index in [2.05, 4.69) is 10.3 Å². The molecule has 34 heavy (non-hydrogen) atoms. The van der Waals surface area contributed by atoms with Crippen LogP contribution in [0.2, 0.25) is 15.1 Å². The van der Waals surface area contributed by atoms with Crippen LogP contribution in [0.25, 0.3) is 0 Å². The van der Waals surface area contributed by atoms with Gasteiger partial charge in [-0.3, -0.25) is 14.6 Å². The predicted molar refractivity (Wildman–Crippen MR) is 136 cm³/mol. The number of amides is 1. The van der Waals surface area contributed by atoms with E-state index in [4.69, 9.17) is 62.7 Å². The number of pyridine rings is 1. The second kappa shape index (κ2) is 9.92. The summed E-state index contributed by atoms with van der Waals surface area (Å²) in [5.41, 5.74) is 1.99. The van der Waals surface area contributed by atoms with E-state index in [1.807, 2.05) is 0 Å². The molecule has 10 heteroatoms. The summed E-state index contributed by atoms with van der Waals surface area (Å²) in [7, 11) is 1.52. The van der Waals surface area contributed by atoms with Gasteiger partial charge in [0.2, 0.25) is 5.91 Å². The van der Waals surface area contributed by atoms with Gasteiger partial charge in [-0.2, -0.15) is 0 Å². The first-order valence-electron chi connectivity index (χ1n) is 10.1. The zero-order valence-corrected chi connectivity index (χ0v) is 21.4. The Hall–Kier alpha value is -2.02. The molecule has 1 heterocycles. The van der Waals surface area contributed by atoms with Gasteiger partial charge >= 0.3 is 0 Å². The van der Waals surface area contributed by atoms with E-state index in [1.54, 1.807) is 48.8 Å². The van der Waals surface area contributed by atoms with E-state index in [9.17, 15) is 9.59 Å². The third-order valence-electron chi connectivity index (χ3n) is 5.48.